The van der Waals surface area contributed by atoms with E-state index in [2.05, 4.69) is 0 Å². The van der Waals surface area contributed by atoms with Gasteiger partial charge in [-0.25, -0.2) is 0 Å². The fourth-order valence-electron chi connectivity index (χ4n) is 1.55. The lowest BCUT2D eigenvalue weighted by molar-refractivity contribution is -0.145. The largest absolute Gasteiger partial charge is 0.465 e. The lowest BCUT2D eigenvalue weighted by Crippen LogP contribution is -2.19. The van der Waals surface area contributed by atoms with Gasteiger partial charge >= 0.3 is 5.97 Å². The number of nitriles is 1. The third-order valence-electron chi connectivity index (χ3n) is 2.46. The maximum absolute atomic E-state index is 11.9. The molecule has 0 aliphatic rings. The Morgan fingerprint density at radius 2 is 2.17 bits per heavy atom. The predicted octanol–water partition coefficient (Wildman–Crippen LogP) is 2.27. The monoisotopic (exact) mass is 245 g/mol. The topological polar surface area (TPSA) is 67.2 Å². The number of hydrogen-bond acceptors (Lipinski definition) is 4. The van der Waals surface area contributed by atoms with Crippen molar-refractivity contribution in [2.45, 2.75) is 20.3 Å². The minimum atomic E-state index is -1.03. The molecule has 0 aliphatic carbocycles. The molecule has 0 saturated carbocycles. The first-order chi connectivity index (χ1) is 8.58. The number of ether oxygens (including phenoxy) is 1. The summed E-state index contributed by atoms with van der Waals surface area (Å²) in [7, 11) is 0. The van der Waals surface area contributed by atoms with Gasteiger partial charge in [-0.15, -0.1) is 0 Å². The van der Waals surface area contributed by atoms with Crippen molar-refractivity contribution < 1.29 is 14.3 Å². The second-order valence-electron chi connectivity index (χ2n) is 3.93. The van der Waals surface area contributed by atoms with Crippen molar-refractivity contribution in [2.24, 2.45) is 5.92 Å². The summed E-state index contributed by atoms with van der Waals surface area (Å²) in [6.07, 6.45) is -0.140. The van der Waals surface area contributed by atoms with Gasteiger partial charge in [0.15, 0.2) is 11.7 Å². The van der Waals surface area contributed by atoms with E-state index in [4.69, 9.17) is 10.00 Å². The van der Waals surface area contributed by atoms with Crippen LogP contribution in [0.3, 0.4) is 0 Å². The van der Waals surface area contributed by atoms with Crippen molar-refractivity contribution in [1.82, 2.24) is 0 Å². The van der Waals surface area contributed by atoms with Crippen LogP contribution >= 0.6 is 0 Å². The van der Waals surface area contributed by atoms with Crippen LogP contribution in [0.4, 0.5) is 0 Å². The molecule has 0 aliphatic heterocycles. The van der Waals surface area contributed by atoms with Crippen LogP contribution in [0.15, 0.2) is 24.3 Å². The van der Waals surface area contributed by atoms with Crippen LogP contribution in [0.5, 0.6) is 0 Å². The first-order valence-electron chi connectivity index (χ1n) is 5.74. The Morgan fingerprint density at radius 1 is 1.44 bits per heavy atom. The number of benzene rings is 1. The Morgan fingerprint density at radius 3 is 2.72 bits per heavy atom. The smallest absolute Gasteiger partial charge is 0.323 e. The molecule has 0 saturated heterocycles. The van der Waals surface area contributed by atoms with Gasteiger partial charge in [0.1, 0.15) is 0 Å². The van der Waals surface area contributed by atoms with E-state index in [1.807, 2.05) is 13.0 Å². The number of hydrogen-bond donors (Lipinski definition) is 0. The summed E-state index contributed by atoms with van der Waals surface area (Å²) in [5.74, 6) is -1.89. The van der Waals surface area contributed by atoms with Crippen LogP contribution in [0.2, 0.25) is 0 Å². The van der Waals surface area contributed by atoms with E-state index in [9.17, 15) is 9.59 Å². The molecule has 1 rings (SSSR count). The van der Waals surface area contributed by atoms with E-state index in [1.165, 1.54) is 0 Å². The minimum absolute atomic E-state index is 0.140. The van der Waals surface area contributed by atoms with E-state index in [0.29, 0.717) is 5.56 Å². The van der Waals surface area contributed by atoms with E-state index in [-0.39, 0.29) is 18.8 Å². The number of rotatable bonds is 5. The van der Waals surface area contributed by atoms with Crippen LogP contribution in [-0.4, -0.2) is 18.4 Å². The molecule has 1 aromatic rings. The zero-order chi connectivity index (χ0) is 13.5. The molecule has 4 heteroatoms. The summed E-state index contributed by atoms with van der Waals surface area (Å²) in [6.45, 7) is 3.74. The maximum atomic E-state index is 11.9. The summed E-state index contributed by atoms with van der Waals surface area (Å²) in [4.78, 5) is 23.3. The van der Waals surface area contributed by atoms with Crippen LogP contribution in [0, 0.1) is 24.2 Å². The molecular weight excluding hydrogens is 230 g/mol. The molecule has 0 spiro atoms. The van der Waals surface area contributed by atoms with Crippen LogP contribution < -0.4 is 0 Å². The summed E-state index contributed by atoms with van der Waals surface area (Å²) in [5.41, 5.74) is 1.48. The number of esters is 1. The zero-order valence-electron chi connectivity index (χ0n) is 10.5. The highest BCUT2D eigenvalue weighted by Gasteiger charge is 2.23. The highest BCUT2D eigenvalue weighted by Crippen LogP contribution is 2.12. The summed E-state index contributed by atoms with van der Waals surface area (Å²) in [6, 6.07) is 8.87. The van der Waals surface area contributed by atoms with Crippen LogP contribution in [0.1, 0.15) is 29.3 Å². The van der Waals surface area contributed by atoms with Gasteiger partial charge in [0.05, 0.1) is 12.7 Å². The van der Waals surface area contributed by atoms with Gasteiger partial charge in [-0.1, -0.05) is 23.8 Å². The molecule has 94 valence electrons. The SMILES string of the molecule is CCOC(=O)C(C#N)CC(=O)c1cccc(C)c1. The van der Waals surface area contributed by atoms with E-state index in [0.717, 1.165) is 5.56 Å². The first-order valence-corrected chi connectivity index (χ1v) is 5.74. The number of ketones is 1. The molecule has 0 aromatic heterocycles. The maximum Gasteiger partial charge on any atom is 0.323 e. The number of Topliss-reactive ketones (excluding diaryl/α,β-unsaturated/α-hetero) is 1. The van der Waals surface area contributed by atoms with Crippen molar-refractivity contribution in [3.05, 3.63) is 35.4 Å². The molecule has 0 N–H and O–H groups in total. The third kappa shape index (κ3) is 3.70. The first kappa shape index (κ1) is 13.9. The molecular formula is C14H15NO3. The van der Waals surface area contributed by atoms with Crippen molar-refractivity contribution in [2.75, 3.05) is 6.61 Å². The van der Waals surface area contributed by atoms with Gasteiger partial charge in [-0.2, -0.15) is 5.26 Å². The van der Waals surface area contributed by atoms with E-state index >= 15 is 0 Å². The Balaban J connectivity index is 2.74. The number of carbonyl (C=O) groups excluding carboxylic acids is 2. The van der Waals surface area contributed by atoms with Crippen molar-refractivity contribution in [3.63, 3.8) is 0 Å². The second kappa shape index (κ2) is 6.55. The Labute approximate surface area is 106 Å². The molecule has 0 bridgehead atoms. The predicted molar refractivity (Wildman–Crippen MR) is 65.9 cm³/mol. The van der Waals surface area contributed by atoms with E-state index < -0.39 is 11.9 Å². The average molecular weight is 245 g/mol. The van der Waals surface area contributed by atoms with Gasteiger partial charge in [-0.3, -0.25) is 9.59 Å². The zero-order valence-corrected chi connectivity index (χ0v) is 10.5. The molecule has 0 amide bonds. The highest BCUT2D eigenvalue weighted by atomic mass is 16.5. The highest BCUT2D eigenvalue weighted by molar-refractivity contribution is 5.98. The lowest BCUT2D eigenvalue weighted by atomic mass is 9.98. The normalized spacial score (nSPS) is 11.4. The summed E-state index contributed by atoms with van der Waals surface area (Å²) < 4.78 is 4.74. The van der Waals surface area contributed by atoms with Crippen molar-refractivity contribution >= 4 is 11.8 Å². The van der Waals surface area contributed by atoms with Crippen molar-refractivity contribution in [1.29, 1.82) is 5.26 Å². The molecule has 4 nitrogen and oxygen atoms in total. The lowest BCUT2D eigenvalue weighted by Gasteiger charge is -2.07. The van der Waals surface area contributed by atoms with Crippen LogP contribution in [0.25, 0.3) is 0 Å². The van der Waals surface area contributed by atoms with Crippen molar-refractivity contribution in [3.8, 4) is 6.07 Å². The Kier molecular flexibility index (Phi) is 5.06. The van der Waals surface area contributed by atoms with Gasteiger partial charge in [-0.05, 0) is 19.9 Å². The molecule has 1 unspecified atom stereocenters. The van der Waals surface area contributed by atoms with Gasteiger partial charge in [0, 0.05) is 12.0 Å². The fourth-order valence-corrected chi connectivity index (χ4v) is 1.55. The Bertz CT molecular complexity index is 488. The number of carbonyl (C=O) groups is 2. The molecule has 1 aromatic carbocycles. The van der Waals surface area contributed by atoms with Gasteiger partial charge in [0.25, 0.3) is 0 Å². The number of nitrogens with zero attached hydrogens (tertiary/aromatic N) is 1. The molecule has 18 heavy (non-hydrogen) atoms. The molecule has 0 fully saturated rings. The molecule has 0 radical (unpaired) electrons. The van der Waals surface area contributed by atoms with Gasteiger partial charge < -0.3 is 4.74 Å². The Hall–Kier alpha value is -2.15. The number of aryl methyl sites for hydroxylation is 1. The standard InChI is InChI=1S/C14H15NO3/c1-3-18-14(17)12(9-15)8-13(16)11-6-4-5-10(2)7-11/h4-7,12H,3,8H2,1-2H3. The fraction of sp³-hybridized carbons (Fsp3) is 0.357. The van der Waals surface area contributed by atoms with Crippen LogP contribution in [-0.2, 0) is 9.53 Å². The molecule has 0 heterocycles. The molecule has 1 atom stereocenters. The second-order valence-corrected chi connectivity index (χ2v) is 3.93. The summed E-state index contributed by atoms with van der Waals surface area (Å²) >= 11 is 0. The third-order valence-corrected chi connectivity index (χ3v) is 2.46. The minimum Gasteiger partial charge on any atom is -0.465 e. The average Bonchev–Trinajstić information content (AvgIpc) is 2.35. The van der Waals surface area contributed by atoms with E-state index in [1.54, 1.807) is 31.2 Å². The summed E-state index contributed by atoms with van der Waals surface area (Å²) in [5, 5.41) is 8.87. The van der Waals surface area contributed by atoms with Gasteiger partial charge in [0.2, 0.25) is 0 Å². The quantitative estimate of drug-likeness (QED) is 0.589.